The Kier molecular flexibility index (Phi) is 4.08. The molecule has 78 valence electrons. The Morgan fingerprint density at radius 2 is 2.14 bits per heavy atom. The first-order valence-electron chi connectivity index (χ1n) is 5.29. The lowest BCUT2D eigenvalue weighted by molar-refractivity contribution is 0.525. The van der Waals surface area contributed by atoms with Crippen molar-refractivity contribution in [3.8, 4) is 0 Å². The predicted molar refractivity (Wildman–Crippen MR) is 60.4 cm³/mol. The molecule has 1 heterocycles. The van der Waals surface area contributed by atoms with Crippen LogP contribution in [0.15, 0.2) is 12.3 Å². The molecule has 0 spiro atoms. The number of aryl methyl sites for hydroxylation is 2. The molecular formula is C12H20N2. The van der Waals surface area contributed by atoms with E-state index >= 15 is 0 Å². The van der Waals surface area contributed by atoms with Crippen molar-refractivity contribution < 1.29 is 0 Å². The predicted octanol–water partition coefficient (Wildman–Crippen LogP) is 2.76. The largest absolute Gasteiger partial charge is 0.312 e. The summed E-state index contributed by atoms with van der Waals surface area (Å²) in [6.07, 6.45) is 4.27. The first-order valence-corrected chi connectivity index (χ1v) is 5.29. The highest BCUT2D eigenvalue weighted by Gasteiger charge is 2.11. The fourth-order valence-corrected chi connectivity index (χ4v) is 1.80. The maximum Gasteiger partial charge on any atom is 0.0602 e. The van der Waals surface area contributed by atoms with Gasteiger partial charge in [0.15, 0.2) is 0 Å². The molecule has 1 aromatic heterocycles. The number of rotatable bonds is 4. The molecular weight excluding hydrogens is 172 g/mol. The smallest absolute Gasteiger partial charge is 0.0602 e. The van der Waals surface area contributed by atoms with Crippen LogP contribution >= 0.6 is 0 Å². The zero-order chi connectivity index (χ0) is 10.6. The van der Waals surface area contributed by atoms with Crippen LogP contribution in [0.3, 0.4) is 0 Å². The summed E-state index contributed by atoms with van der Waals surface area (Å²) in [6, 6.07) is 2.60. The molecule has 2 nitrogen and oxygen atoms in total. The van der Waals surface area contributed by atoms with E-state index < -0.39 is 0 Å². The number of nitrogens with zero attached hydrogens (tertiary/aromatic N) is 1. The lowest BCUT2D eigenvalue weighted by atomic mass is 10.0. The summed E-state index contributed by atoms with van der Waals surface area (Å²) in [4.78, 5) is 4.51. The van der Waals surface area contributed by atoms with Gasteiger partial charge in [0.2, 0.25) is 0 Å². The van der Waals surface area contributed by atoms with Gasteiger partial charge in [-0.15, -0.1) is 0 Å². The highest BCUT2D eigenvalue weighted by atomic mass is 14.9. The van der Waals surface area contributed by atoms with E-state index in [2.05, 4.69) is 37.1 Å². The zero-order valence-corrected chi connectivity index (χ0v) is 9.59. The second kappa shape index (κ2) is 5.11. The highest BCUT2D eigenvalue weighted by molar-refractivity contribution is 5.25. The maximum atomic E-state index is 4.51. The van der Waals surface area contributed by atoms with E-state index in [1.54, 1.807) is 0 Å². The summed E-state index contributed by atoms with van der Waals surface area (Å²) in [7, 11) is 2.00. The normalized spacial score (nSPS) is 12.9. The van der Waals surface area contributed by atoms with Gasteiger partial charge in [0.1, 0.15) is 0 Å². The lowest BCUT2D eigenvalue weighted by Gasteiger charge is -2.17. The van der Waals surface area contributed by atoms with Crippen molar-refractivity contribution in [2.24, 2.45) is 0 Å². The Hall–Kier alpha value is -0.890. The SMILES string of the molecule is CCCC(NC)c1ncc(C)cc1C. The molecule has 14 heavy (non-hydrogen) atoms. The van der Waals surface area contributed by atoms with Crippen LogP contribution < -0.4 is 5.32 Å². The van der Waals surface area contributed by atoms with E-state index in [-0.39, 0.29) is 0 Å². The minimum atomic E-state index is 0.403. The van der Waals surface area contributed by atoms with E-state index in [0.29, 0.717) is 6.04 Å². The molecule has 0 saturated carbocycles. The topological polar surface area (TPSA) is 24.9 Å². The molecule has 1 atom stereocenters. The molecule has 0 amide bonds. The number of hydrogen-bond acceptors (Lipinski definition) is 2. The molecule has 0 aliphatic heterocycles. The van der Waals surface area contributed by atoms with Gasteiger partial charge in [0.25, 0.3) is 0 Å². The number of aromatic nitrogens is 1. The van der Waals surface area contributed by atoms with Crippen molar-refractivity contribution in [3.63, 3.8) is 0 Å². The van der Waals surface area contributed by atoms with Crippen LogP contribution in [0.25, 0.3) is 0 Å². The van der Waals surface area contributed by atoms with Crippen molar-refractivity contribution >= 4 is 0 Å². The highest BCUT2D eigenvalue weighted by Crippen LogP contribution is 2.19. The van der Waals surface area contributed by atoms with Gasteiger partial charge in [0.05, 0.1) is 5.69 Å². The van der Waals surface area contributed by atoms with Crippen LogP contribution in [0, 0.1) is 13.8 Å². The average molecular weight is 192 g/mol. The van der Waals surface area contributed by atoms with E-state index in [0.717, 1.165) is 6.42 Å². The summed E-state index contributed by atoms with van der Waals surface area (Å²) in [6.45, 7) is 6.42. The zero-order valence-electron chi connectivity index (χ0n) is 9.59. The quantitative estimate of drug-likeness (QED) is 0.793. The molecule has 0 saturated heterocycles. The summed E-state index contributed by atoms with van der Waals surface area (Å²) in [5.74, 6) is 0. The first kappa shape index (κ1) is 11.2. The summed E-state index contributed by atoms with van der Waals surface area (Å²) < 4.78 is 0. The minimum Gasteiger partial charge on any atom is -0.312 e. The fourth-order valence-electron chi connectivity index (χ4n) is 1.80. The maximum absolute atomic E-state index is 4.51. The molecule has 1 unspecified atom stereocenters. The molecule has 0 fully saturated rings. The van der Waals surface area contributed by atoms with Gasteiger partial charge in [-0.05, 0) is 38.4 Å². The summed E-state index contributed by atoms with van der Waals surface area (Å²) >= 11 is 0. The molecule has 0 aliphatic rings. The van der Waals surface area contributed by atoms with Crippen molar-refractivity contribution in [1.29, 1.82) is 0 Å². The van der Waals surface area contributed by atoms with Gasteiger partial charge in [-0.2, -0.15) is 0 Å². The number of hydrogen-bond donors (Lipinski definition) is 1. The molecule has 1 N–H and O–H groups in total. The summed E-state index contributed by atoms with van der Waals surface area (Å²) in [5.41, 5.74) is 3.72. The third kappa shape index (κ3) is 2.55. The number of nitrogens with one attached hydrogen (secondary N) is 1. The van der Waals surface area contributed by atoms with Gasteiger partial charge < -0.3 is 5.32 Å². The Labute approximate surface area is 86.8 Å². The van der Waals surface area contributed by atoms with Crippen molar-refractivity contribution in [2.75, 3.05) is 7.05 Å². The lowest BCUT2D eigenvalue weighted by Crippen LogP contribution is -2.18. The Bertz CT molecular complexity index is 294. The van der Waals surface area contributed by atoms with Gasteiger partial charge in [-0.25, -0.2) is 0 Å². The van der Waals surface area contributed by atoms with E-state index in [1.165, 1.54) is 23.2 Å². The molecule has 0 aromatic carbocycles. The standard InChI is InChI=1S/C12H20N2/c1-5-6-11(13-4)12-10(3)7-9(2)8-14-12/h7-8,11,13H,5-6H2,1-4H3. The third-order valence-corrected chi connectivity index (χ3v) is 2.51. The van der Waals surface area contributed by atoms with Crippen LogP contribution in [-0.2, 0) is 0 Å². The van der Waals surface area contributed by atoms with Crippen molar-refractivity contribution in [3.05, 3.63) is 29.1 Å². The van der Waals surface area contributed by atoms with E-state index in [9.17, 15) is 0 Å². The molecule has 1 aromatic rings. The average Bonchev–Trinajstić information content (AvgIpc) is 2.15. The third-order valence-electron chi connectivity index (χ3n) is 2.51. The van der Waals surface area contributed by atoms with Gasteiger partial charge in [-0.1, -0.05) is 19.4 Å². The molecule has 0 bridgehead atoms. The summed E-state index contributed by atoms with van der Waals surface area (Å²) in [5, 5.41) is 3.32. The molecule has 2 heteroatoms. The Morgan fingerprint density at radius 1 is 1.43 bits per heavy atom. The van der Waals surface area contributed by atoms with E-state index in [1.807, 2.05) is 13.2 Å². The first-order chi connectivity index (χ1) is 6.69. The van der Waals surface area contributed by atoms with Gasteiger partial charge in [0, 0.05) is 12.2 Å². The minimum absolute atomic E-state index is 0.403. The van der Waals surface area contributed by atoms with Crippen LogP contribution in [0.1, 0.15) is 42.6 Å². The fraction of sp³-hybridized carbons (Fsp3) is 0.583. The van der Waals surface area contributed by atoms with Crippen molar-refractivity contribution in [2.45, 2.75) is 39.7 Å². The van der Waals surface area contributed by atoms with Crippen LogP contribution in [0.2, 0.25) is 0 Å². The van der Waals surface area contributed by atoms with Gasteiger partial charge in [-0.3, -0.25) is 4.98 Å². The Balaban J connectivity index is 2.92. The van der Waals surface area contributed by atoms with E-state index in [4.69, 9.17) is 0 Å². The second-order valence-electron chi connectivity index (χ2n) is 3.84. The molecule has 1 rings (SSSR count). The molecule has 0 aliphatic carbocycles. The van der Waals surface area contributed by atoms with Crippen LogP contribution in [-0.4, -0.2) is 12.0 Å². The number of pyridine rings is 1. The van der Waals surface area contributed by atoms with Crippen LogP contribution in [0.5, 0.6) is 0 Å². The second-order valence-corrected chi connectivity index (χ2v) is 3.84. The van der Waals surface area contributed by atoms with Crippen LogP contribution in [0.4, 0.5) is 0 Å². The monoisotopic (exact) mass is 192 g/mol. The van der Waals surface area contributed by atoms with Crippen molar-refractivity contribution in [1.82, 2.24) is 10.3 Å². The molecule has 0 radical (unpaired) electrons. The van der Waals surface area contributed by atoms with Gasteiger partial charge >= 0.3 is 0 Å². The Morgan fingerprint density at radius 3 is 2.64 bits per heavy atom.